The number of benzene rings is 2. The third kappa shape index (κ3) is 2.92. The van der Waals surface area contributed by atoms with Gasteiger partial charge in [-0.25, -0.2) is 4.98 Å². The third-order valence-corrected chi connectivity index (χ3v) is 6.52. The molecule has 1 saturated carbocycles. The van der Waals surface area contributed by atoms with Crippen molar-refractivity contribution >= 4 is 34.3 Å². The van der Waals surface area contributed by atoms with E-state index in [9.17, 15) is 9.59 Å². The quantitative estimate of drug-likeness (QED) is 0.501. The predicted molar refractivity (Wildman–Crippen MR) is 112 cm³/mol. The molecular weight excluding hydrogens is 370 g/mol. The smallest absolute Gasteiger partial charge is 0.262 e. The number of amides is 1. The van der Waals surface area contributed by atoms with Crippen LogP contribution in [0.5, 0.6) is 0 Å². The summed E-state index contributed by atoms with van der Waals surface area (Å²) in [7, 11) is 0. The average Bonchev–Trinajstić information content (AvgIpc) is 3.45. The number of para-hydroxylation sites is 2. The van der Waals surface area contributed by atoms with Crippen molar-refractivity contribution in [1.29, 1.82) is 0 Å². The molecule has 1 atom stereocenters. The van der Waals surface area contributed by atoms with Crippen LogP contribution in [0.4, 0.5) is 5.69 Å². The number of aromatic nitrogens is 2. The first-order chi connectivity index (χ1) is 13.6. The van der Waals surface area contributed by atoms with Gasteiger partial charge < -0.3 is 4.90 Å². The number of hydrogen-bond acceptors (Lipinski definition) is 4. The number of fused-ring (bicyclic) bond motifs is 2. The Hall–Kier alpha value is -2.60. The minimum Gasteiger partial charge on any atom is -0.311 e. The molecule has 0 radical (unpaired) electrons. The number of carbonyl (C=O) groups is 1. The molecule has 5 rings (SSSR count). The van der Waals surface area contributed by atoms with Gasteiger partial charge in [-0.2, -0.15) is 0 Å². The third-order valence-electron chi connectivity index (χ3n) is 5.47. The summed E-state index contributed by atoms with van der Waals surface area (Å²) in [6.07, 6.45) is 2.88. The Morgan fingerprint density at radius 2 is 1.89 bits per heavy atom. The van der Waals surface area contributed by atoms with Crippen molar-refractivity contribution in [3.05, 3.63) is 64.4 Å². The zero-order valence-corrected chi connectivity index (χ0v) is 16.5. The first kappa shape index (κ1) is 17.5. The first-order valence-corrected chi connectivity index (χ1v) is 10.6. The molecule has 0 spiro atoms. The zero-order chi connectivity index (χ0) is 19.3. The maximum atomic E-state index is 13.1. The second-order valence-electron chi connectivity index (χ2n) is 7.45. The van der Waals surface area contributed by atoms with Crippen LogP contribution >= 0.6 is 11.8 Å². The van der Waals surface area contributed by atoms with E-state index in [1.54, 1.807) is 4.57 Å². The summed E-state index contributed by atoms with van der Waals surface area (Å²) in [4.78, 5) is 32.8. The molecule has 5 nitrogen and oxygen atoms in total. The molecule has 1 aliphatic heterocycles. The van der Waals surface area contributed by atoms with Crippen LogP contribution in [-0.2, 0) is 11.2 Å². The number of carbonyl (C=O) groups excluding carboxylic acids is 1. The minimum absolute atomic E-state index is 0.00164. The molecule has 0 bridgehead atoms. The molecule has 2 aliphatic rings. The van der Waals surface area contributed by atoms with E-state index in [1.165, 1.54) is 17.3 Å². The Morgan fingerprint density at radius 1 is 1.14 bits per heavy atom. The van der Waals surface area contributed by atoms with Crippen LogP contribution in [0.1, 0.15) is 31.4 Å². The molecule has 1 aliphatic carbocycles. The topological polar surface area (TPSA) is 55.2 Å². The maximum absolute atomic E-state index is 13.1. The van der Waals surface area contributed by atoms with E-state index in [-0.39, 0.29) is 22.8 Å². The van der Waals surface area contributed by atoms with Gasteiger partial charge in [0.1, 0.15) is 0 Å². The van der Waals surface area contributed by atoms with E-state index in [4.69, 9.17) is 4.98 Å². The van der Waals surface area contributed by atoms with Gasteiger partial charge in [-0.15, -0.1) is 0 Å². The van der Waals surface area contributed by atoms with Crippen LogP contribution in [0.25, 0.3) is 10.9 Å². The number of hydrogen-bond donors (Lipinski definition) is 0. The number of rotatable bonds is 4. The van der Waals surface area contributed by atoms with Crippen LogP contribution in [0.3, 0.4) is 0 Å². The lowest BCUT2D eigenvalue weighted by Gasteiger charge is -2.22. The number of thioether (sulfide) groups is 1. The highest BCUT2D eigenvalue weighted by Crippen LogP contribution is 2.38. The summed E-state index contributed by atoms with van der Waals surface area (Å²) in [6, 6.07) is 15.7. The predicted octanol–water partition coefficient (Wildman–Crippen LogP) is 3.80. The molecule has 6 heteroatoms. The van der Waals surface area contributed by atoms with E-state index < -0.39 is 0 Å². The van der Waals surface area contributed by atoms with Gasteiger partial charge in [0.25, 0.3) is 5.56 Å². The SMILES string of the molecule is CC(Sc1nc2ccccc2c(=O)n1C1CC1)C(=O)N1CCc2ccccc21. The van der Waals surface area contributed by atoms with Gasteiger partial charge in [0.2, 0.25) is 5.91 Å². The summed E-state index contributed by atoms with van der Waals surface area (Å²) in [5.74, 6) is 0.0692. The van der Waals surface area contributed by atoms with Crippen LogP contribution < -0.4 is 10.5 Å². The summed E-state index contributed by atoms with van der Waals surface area (Å²) in [5, 5.41) is 0.981. The molecule has 1 fully saturated rings. The Morgan fingerprint density at radius 3 is 2.71 bits per heavy atom. The van der Waals surface area contributed by atoms with Crippen molar-refractivity contribution in [2.45, 2.75) is 42.6 Å². The van der Waals surface area contributed by atoms with Gasteiger partial charge in [0, 0.05) is 18.3 Å². The lowest BCUT2D eigenvalue weighted by atomic mass is 10.2. The highest BCUT2D eigenvalue weighted by molar-refractivity contribution is 8.00. The van der Waals surface area contributed by atoms with Gasteiger partial charge in [-0.3, -0.25) is 14.2 Å². The Balaban J connectivity index is 1.47. The molecule has 0 N–H and O–H groups in total. The molecule has 1 unspecified atom stereocenters. The van der Waals surface area contributed by atoms with E-state index in [0.29, 0.717) is 22.6 Å². The van der Waals surface area contributed by atoms with Crippen molar-refractivity contribution in [3.63, 3.8) is 0 Å². The van der Waals surface area contributed by atoms with Crippen molar-refractivity contribution in [2.75, 3.05) is 11.4 Å². The Kier molecular flexibility index (Phi) is 4.23. The maximum Gasteiger partial charge on any atom is 0.262 e. The molecule has 0 saturated heterocycles. The summed E-state index contributed by atoms with van der Waals surface area (Å²) < 4.78 is 1.80. The van der Waals surface area contributed by atoms with Crippen LogP contribution in [0, 0.1) is 0 Å². The van der Waals surface area contributed by atoms with Crippen LogP contribution in [-0.4, -0.2) is 27.3 Å². The van der Waals surface area contributed by atoms with E-state index in [0.717, 1.165) is 24.9 Å². The highest BCUT2D eigenvalue weighted by Gasteiger charge is 2.32. The molecule has 3 aromatic rings. The molecule has 2 aromatic carbocycles. The van der Waals surface area contributed by atoms with Crippen molar-refractivity contribution in [2.24, 2.45) is 0 Å². The summed E-state index contributed by atoms with van der Waals surface area (Å²) in [6.45, 7) is 2.62. The van der Waals surface area contributed by atoms with Crippen molar-refractivity contribution < 1.29 is 4.79 Å². The van der Waals surface area contributed by atoms with Gasteiger partial charge in [0.05, 0.1) is 16.2 Å². The molecule has 1 aromatic heterocycles. The van der Waals surface area contributed by atoms with Crippen LogP contribution in [0.15, 0.2) is 58.5 Å². The Bertz CT molecular complexity index is 1140. The molecular formula is C22H21N3O2S. The molecule has 142 valence electrons. The molecule has 2 heterocycles. The van der Waals surface area contributed by atoms with E-state index in [2.05, 4.69) is 6.07 Å². The van der Waals surface area contributed by atoms with Crippen LogP contribution in [0.2, 0.25) is 0 Å². The van der Waals surface area contributed by atoms with Crippen molar-refractivity contribution in [3.8, 4) is 0 Å². The number of anilines is 1. The van der Waals surface area contributed by atoms with Gasteiger partial charge in [-0.05, 0) is 49.9 Å². The fraction of sp³-hybridized carbons (Fsp3) is 0.318. The molecule has 1 amide bonds. The monoisotopic (exact) mass is 391 g/mol. The molecule has 28 heavy (non-hydrogen) atoms. The first-order valence-electron chi connectivity index (χ1n) is 9.70. The lowest BCUT2D eigenvalue weighted by molar-refractivity contribution is -0.117. The summed E-state index contributed by atoms with van der Waals surface area (Å²) in [5.41, 5.74) is 2.91. The summed E-state index contributed by atoms with van der Waals surface area (Å²) >= 11 is 1.40. The second-order valence-corrected chi connectivity index (χ2v) is 8.75. The fourth-order valence-corrected chi connectivity index (χ4v) is 4.90. The normalized spacial score (nSPS) is 17.0. The Labute approximate surface area is 167 Å². The highest BCUT2D eigenvalue weighted by atomic mass is 32.2. The largest absolute Gasteiger partial charge is 0.311 e. The second kappa shape index (κ2) is 6.78. The van der Waals surface area contributed by atoms with E-state index in [1.807, 2.05) is 54.3 Å². The van der Waals surface area contributed by atoms with E-state index >= 15 is 0 Å². The van der Waals surface area contributed by atoms with Gasteiger partial charge >= 0.3 is 0 Å². The zero-order valence-electron chi connectivity index (χ0n) is 15.7. The van der Waals surface area contributed by atoms with Crippen molar-refractivity contribution in [1.82, 2.24) is 9.55 Å². The van der Waals surface area contributed by atoms with Gasteiger partial charge in [-0.1, -0.05) is 42.1 Å². The fourth-order valence-electron chi connectivity index (χ4n) is 3.86. The lowest BCUT2D eigenvalue weighted by Crippen LogP contribution is -2.35. The minimum atomic E-state index is -0.316. The van der Waals surface area contributed by atoms with Gasteiger partial charge in [0.15, 0.2) is 5.16 Å². The standard InChI is InChI=1S/C22H21N3O2S/c1-14(20(26)24-13-12-15-6-2-5-9-19(15)24)28-22-23-18-8-4-3-7-17(18)21(27)25(22)16-10-11-16/h2-9,14,16H,10-13H2,1H3. The number of nitrogens with zero attached hydrogens (tertiary/aromatic N) is 3. The average molecular weight is 391 g/mol.